The Morgan fingerprint density at radius 3 is 2.19 bits per heavy atom. The third kappa shape index (κ3) is 14.3. The van der Waals surface area contributed by atoms with E-state index < -0.39 is 17.8 Å². The molecule has 0 radical (unpaired) electrons. The van der Waals surface area contributed by atoms with Gasteiger partial charge < -0.3 is 25.4 Å². The first-order valence-electron chi connectivity index (χ1n) is 12.4. The van der Waals surface area contributed by atoms with Crippen LogP contribution in [0.25, 0.3) is 0 Å². The van der Waals surface area contributed by atoms with E-state index in [1.165, 1.54) is 11.3 Å². The average Bonchev–Trinajstić information content (AvgIpc) is 3.35. The van der Waals surface area contributed by atoms with E-state index >= 15 is 0 Å². The number of rotatable bonds is 16. The molecule has 0 aliphatic rings. The molecule has 0 unspecified atom stereocenters. The van der Waals surface area contributed by atoms with Gasteiger partial charge in [0, 0.05) is 31.6 Å². The molecule has 0 spiro atoms. The Morgan fingerprint density at radius 2 is 1.65 bits per heavy atom. The van der Waals surface area contributed by atoms with Gasteiger partial charge in [0.2, 0.25) is 5.91 Å². The van der Waals surface area contributed by atoms with Crippen molar-refractivity contribution in [3.63, 3.8) is 0 Å². The largest absolute Gasteiger partial charge is 0.464 e. The van der Waals surface area contributed by atoms with Crippen molar-refractivity contribution in [2.24, 2.45) is 5.92 Å². The summed E-state index contributed by atoms with van der Waals surface area (Å²) in [6.07, 6.45) is 6.78. The summed E-state index contributed by atoms with van der Waals surface area (Å²) >= 11 is 1.38. The first-order valence-corrected chi connectivity index (χ1v) is 13.3. The Hall–Kier alpha value is -3.05. The normalized spacial score (nSPS) is 10.1. The summed E-state index contributed by atoms with van der Waals surface area (Å²) in [5.74, 6) is -1.65. The number of thiazole rings is 1. The summed E-state index contributed by atoms with van der Waals surface area (Å²) < 4.78 is 9.32. The van der Waals surface area contributed by atoms with E-state index in [1.807, 2.05) is 6.92 Å². The van der Waals surface area contributed by atoms with Crippen LogP contribution in [-0.2, 0) is 30.3 Å². The molecule has 3 amide bonds. The molecule has 0 atom stereocenters. The van der Waals surface area contributed by atoms with Crippen LogP contribution in [0.1, 0.15) is 74.8 Å². The first-order chi connectivity index (χ1) is 17.6. The summed E-state index contributed by atoms with van der Waals surface area (Å²) in [5, 5.41) is 9.92. The fraction of sp³-hybridized carbons (Fsp3) is 0.577. The number of amides is 3. The van der Waals surface area contributed by atoms with E-state index in [1.54, 1.807) is 12.5 Å². The van der Waals surface area contributed by atoms with E-state index in [-0.39, 0.29) is 28.9 Å². The second-order valence-corrected chi connectivity index (χ2v) is 9.09. The molecule has 0 bridgehead atoms. The highest BCUT2D eigenvalue weighted by Crippen LogP contribution is 2.13. The standard InChI is InChI=1S/C14H17N3O4S.C12H25NO2/c1-5-6-11-17-10(7-22-11)13(19)15-8(2)12(18)16-9(3)14(20)21-4;1-4-7-11(8-5-2)12(14)13-9-6-10-15-3/h7H,2-3,5-6H2,1,4H3,(H,15,19)(H,16,18);11H,4-10H2,1-3H3,(H,13,14). The molecule has 37 heavy (non-hydrogen) atoms. The van der Waals surface area contributed by atoms with Crippen LogP contribution in [0.4, 0.5) is 0 Å². The number of aromatic nitrogens is 1. The fourth-order valence-electron chi connectivity index (χ4n) is 3.06. The lowest BCUT2D eigenvalue weighted by molar-refractivity contribution is -0.137. The monoisotopic (exact) mass is 538 g/mol. The van der Waals surface area contributed by atoms with Crippen LogP contribution in [0.2, 0.25) is 0 Å². The second kappa shape index (κ2) is 20.1. The van der Waals surface area contributed by atoms with Gasteiger partial charge in [0.15, 0.2) is 0 Å². The number of carbonyl (C=O) groups is 4. The molecule has 1 rings (SSSR count). The van der Waals surface area contributed by atoms with Crippen molar-refractivity contribution in [1.82, 2.24) is 20.9 Å². The lowest BCUT2D eigenvalue weighted by Crippen LogP contribution is -2.35. The van der Waals surface area contributed by atoms with Gasteiger partial charge in [0.1, 0.15) is 11.4 Å². The van der Waals surface area contributed by atoms with Crippen LogP contribution < -0.4 is 16.0 Å². The van der Waals surface area contributed by atoms with Gasteiger partial charge in [-0.3, -0.25) is 14.4 Å². The topological polar surface area (TPSA) is 136 Å². The quantitative estimate of drug-likeness (QED) is 0.166. The van der Waals surface area contributed by atoms with E-state index in [0.29, 0.717) is 6.61 Å². The lowest BCUT2D eigenvalue weighted by Gasteiger charge is -2.14. The number of ether oxygens (including phenoxy) is 2. The molecule has 11 heteroatoms. The zero-order chi connectivity index (χ0) is 28.2. The maximum atomic E-state index is 11.9. The maximum Gasteiger partial charge on any atom is 0.353 e. The van der Waals surface area contributed by atoms with Crippen molar-refractivity contribution in [3.05, 3.63) is 40.6 Å². The second-order valence-electron chi connectivity index (χ2n) is 8.15. The summed E-state index contributed by atoms with van der Waals surface area (Å²) in [7, 11) is 2.84. The van der Waals surface area contributed by atoms with Gasteiger partial charge in [0.25, 0.3) is 11.8 Å². The number of esters is 1. The van der Waals surface area contributed by atoms with Crippen LogP contribution in [0.3, 0.4) is 0 Å². The van der Waals surface area contributed by atoms with Crippen molar-refractivity contribution >= 4 is 35.0 Å². The van der Waals surface area contributed by atoms with Crippen molar-refractivity contribution < 1.29 is 28.7 Å². The summed E-state index contributed by atoms with van der Waals surface area (Å²) in [6.45, 7) is 14.5. The van der Waals surface area contributed by atoms with Crippen LogP contribution in [-0.4, -0.2) is 56.0 Å². The highest BCUT2D eigenvalue weighted by molar-refractivity contribution is 7.09. The van der Waals surface area contributed by atoms with Crippen molar-refractivity contribution in [1.29, 1.82) is 0 Å². The highest BCUT2D eigenvalue weighted by Gasteiger charge is 2.18. The molecule has 0 saturated carbocycles. The zero-order valence-electron chi connectivity index (χ0n) is 22.7. The third-order valence-electron chi connectivity index (χ3n) is 4.95. The number of methoxy groups -OCH3 is 2. The molecule has 1 aromatic rings. The molecule has 1 aromatic heterocycles. The minimum absolute atomic E-state index is 0.211. The molecular weight excluding hydrogens is 496 g/mol. The number of hydrogen-bond donors (Lipinski definition) is 3. The predicted molar refractivity (Wildman–Crippen MR) is 145 cm³/mol. The third-order valence-corrected chi connectivity index (χ3v) is 5.86. The van der Waals surface area contributed by atoms with Crippen LogP contribution in [0.15, 0.2) is 29.9 Å². The van der Waals surface area contributed by atoms with Gasteiger partial charge in [-0.15, -0.1) is 11.3 Å². The van der Waals surface area contributed by atoms with Gasteiger partial charge in [-0.2, -0.15) is 0 Å². The number of aryl methyl sites for hydroxylation is 1. The number of nitrogens with one attached hydrogen (secondary N) is 3. The molecule has 0 aromatic carbocycles. The zero-order valence-corrected chi connectivity index (χ0v) is 23.6. The Labute approximate surface area is 224 Å². The fourth-order valence-corrected chi connectivity index (χ4v) is 3.94. The molecule has 0 aliphatic heterocycles. The van der Waals surface area contributed by atoms with Crippen LogP contribution in [0.5, 0.6) is 0 Å². The lowest BCUT2D eigenvalue weighted by atomic mass is 9.97. The SMILES string of the molecule is C=C(NC(=O)c1csc(CCC)n1)C(=O)NC(=C)C(=O)OC.CCCC(CCC)C(=O)NCCCOC. The minimum atomic E-state index is -0.781. The summed E-state index contributed by atoms with van der Waals surface area (Å²) in [4.78, 5) is 50.7. The van der Waals surface area contributed by atoms with Crippen LogP contribution >= 0.6 is 11.3 Å². The molecule has 0 aliphatic carbocycles. The van der Waals surface area contributed by atoms with E-state index in [9.17, 15) is 19.2 Å². The Morgan fingerprint density at radius 1 is 1.00 bits per heavy atom. The van der Waals surface area contributed by atoms with Crippen LogP contribution in [0, 0.1) is 5.92 Å². The highest BCUT2D eigenvalue weighted by atomic mass is 32.1. The number of nitrogens with zero attached hydrogens (tertiary/aromatic N) is 1. The Bertz CT molecular complexity index is 893. The van der Waals surface area contributed by atoms with Gasteiger partial charge in [-0.05, 0) is 32.1 Å². The van der Waals surface area contributed by atoms with E-state index in [0.717, 1.165) is 63.6 Å². The Kier molecular flexibility index (Phi) is 18.4. The molecule has 1 heterocycles. The van der Waals surface area contributed by atoms with Gasteiger partial charge in [-0.1, -0.05) is 46.8 Å². The van der Waals surface area contributed by atoms with Gasteiger partial charge in [-0.25, -0.2) is 9.78 Å². The maximum absolute atomic E-state index is 11.9. The van der Waals surface area contributed by atoms with Crippen molar-refractivity contribution in [3.8, 4) is 0 Å². The number of carbonyl (C=O) groups excluding carboxylic acids is 4. The molecule has 0 fully saturated rings. The van der Waals surface area contributed by atoms with Gasteiger partial charge in [0.05, 0.1) is 17.8 Å². The van der Waals surface area contributed by atoms with E-state index in [2.05, 4.69) is 52.7 Å². The summed E-state index contributed by atoms with van der Waals surface area (Å²) in [6, 6.07) is 0. The summed E-state index contributed by atoms with van der Waals surface area (Å²) in [5.41, 5.74) is -0.254. The molecule has 208 valence electrons. The number of hydrogen-bond acceptors (Lipinski definition) is 8. The smallest absolute Gasteiger partial charge is 0.353 e. The molecule has 10 nitrogen and oxygen atoms in total. The molecular formula is C26H42N4O6S. The van der Waals surface area contributed by atoms with Crippen molar-refractivity contribution in [2.75, 3.05) is 27.4 Å². The van der Waals surface area contributed by atoms with E-state index in [4.69, 9.17) is 4.74 Å². The minimum Gasteiger partial charge on any atom is -0.464 e. The predicted octanol–water partition coefficient (Wildman–Crippen LogP) is 3.50. The van der Waals surface area contributed by atoms with Gasteiger partial charge >= 0.3 is 5.97 Å². The average molecular weight is 539 g/mol. The molecule has 0 saturated heterocycles. The Balaban J connectivity index is 0.000000757. The molecule has 3 N–H and O–H groups in total. The van der Waals surface area contributed by atoms with Crippen molar-refractivity contribution in [2.45, 2.75) is 65.7 Å². The first kappa shape index (κ1) is 34.0.